The lowest BCUT2D eigenvalue weighted by molar-refractivity contribution is -0.144. The van der Waals surface area contributed by atoms with Crippen molar-refractivity contribution in [3.05, 3.63) is 42.5 Å². The van der Waals surface area contributed by atoms with E-state index >= 15 is 0 Å². The summed E-state index contributed by atoms with van der Waals surface area (Å²) in [6.07, 6.45) is -0.839. The number of sulfonamides is 1. The van der Waals surface area contributed by atoms with Gasteiger partial charge in [-0.3, -0.25) is 4.79 Å². The predicted molar refractivity (Wildman–Crippen MR) is 84.3 cm³/mol. The third-order valence-electron chi connectivity index (χ3n) is 4.03. The number of aliphatic hydroxyl groups is 1. The first-order valence-electron chi connectivity index (χ1n) is 7.20. The van der Waals surface area contributed by atoms with Crippen LogP contribution in [0.3, 0.4) is 0 Å². The molecule has 0 aliphatic carbocycles. The van der Waals surface area contributed by atoms with Gasteiger partial charge in [0.25, 0.3) is 0 Å². The molecule has 0 bridgehead atoms. The van der Waals surface area contributed by atoms with Gasteiger partial charge in [0.15, 0.2) is 0 Å². The van der Waals surface area contributed by atoms with Crippen LogP contribution in [0.4, 0.5) is 0 Å². The minimum atomic E-state index is -3.89. The lowest BCUT2D eigenvalue weighted by Gasteiger charge is -2.22. The van der Waals surface area contributed by atoms with E-state index < -0.39 is 28.1 Å². The molecule has 1 unspecified atom stereocenters. The molecule has 2 atom stereocenters. The Balaban J connectivity index is 2.03. The van der Waals surface area contributed by atoms with Gasteiger partial charge >= 0.3 is 5.97 Å². The van der Waals surface area contributed by atoms with Crippen LogP contribution in [0, 0.1) is 0 Å². The van der Waals surface area contributed by atoms with Gasteiger partial charge in [0, 0.05) is 13.0 Å². The largest absolute Gasteiger partial charge is 0.468 e. The van der Waals surface area contributed by atoms with E-state index in [-0.39, 0.29) is 17.9 Å². The van der Waals surface area contributed by atoms with Gasteiger partial charge in [0.1, 0.15) is 6.04 Å². The van der Waals surface area contributed by atoms with Crippen molar-refractivity contribution in [3.63, 3.8) is 0 Å². The third kappa shape index (κ3) is 2.83. The molecule has 1 fully saturated rings. The predicted octanol–water partition coefficient (Wildman–Crippen LogP) is 1.14. The Labute approximate surface area is 134 Å². The number of hydrogen-bond donors (Lipinski definition) is 1. The molecule has 1 saturated heterocycles. The average molecular weight is 335 g/mol. The van der Waals surface area contributed by atoms with Gasteiger partial charge < -0.3 is 9.84 Å². The summed E-state index contributed by atoms with van der Waals surface area (Å²) >= 11 is 0. The number of methoxy groups -OCH3 is 1. The topological polar surface area (TPSA) is 83.9 Å². The summed E-state index contributed by atoms with van der Waals surface area (Å²) in [4.78, 5) is 11.9. The van der Waals surface area contributed by atoms with Crippen LogP contribution in [-0.4, -0.2) is 49.6 Å². The number of rotatable bonds is 3. The second-order valence-electron chi connectivity index (χ2n) is 5.51. The van der Waals surface area contributed by atoms with Gasteiger partial charge in [-0.05, 0) is 22.9 Å². The van der Waals surface area contributed by atoms with Crippen LogP contribution in [0.1, 0.15) is 6.42 Å². The summed E-state index contributed by atoms with van der Waals surface area (Å²) in [6, 6.07) is 11.2. The maximum absolute atomic E-state index is 12.9. The van der Waals surface area contributed by atoms with Crippen molar-refractivity contribution in [1.82, 2.24) is 4.31 Å². The van der Waals surface area contributed by atoms with E-state index in [0.29, 0.717) is 0 Å². The summed E-state index contributed by atoms with van der Waals surface area (Å²) in [6.45, 7) is -0.116. The normalized spacial score (nSPS) is 22.3. The Bertz CT molecular complexity index is 848. The molecular formula is C16H17NO5S. The number of carbonyl (C=O) groups is 1. The van der Waals surface area contributed by atoms with Crippen molar-refractivity contribution in [1.29, 1.82) is 0 Å². The van der Waals surface area contributed by atoms with Crippen molar-refractivity contribution >= 4 is 26.8 Å². The molecule has 0 spiro atoms. The number of benzene rings is 2. The quantitative estimate of drug-likeness (QED) is 0.850. The van der Waals surface area contributed by atoms with Crippen molar-refractivity contribution in [2.24, 2.45) is 0 Å². The highest BCUT2D eigenvalue weighted by atomic mass is 32.2. The zero-order valence-electron chi connectivity index (χ0n) is 12.5. The molecule has 1 N–H and O–H groups in total. The standard InChI is InChI=1S/C16H17NO5S/c1-22-16(19)15-9-13(18)10-17(15)23(20,21)14-7-6-11-4-2-3-5-12(11)8-14/h2-8,13,15,18H,9-10H2,1H3/t13-,15?/m1/s1. The number of aliphatic hydroxyl groups excluding tert-OH is 1. The Hall–Kier alpha value is -1.96. The molecule has 0 saturated carbocycles. The summed E-state index contributed by atoms with van der Waals surface area (Å²) in [5, 5.41) is 11.5. The number of ether oxygens (including phenoxy) is 1. The second-order valence-corrected chi connectivity index (χ2v) is 7.40. The van der Waals surface area contributed by atoms with Crippen LogP contribution in [0.15, 0.2) is 47.4 Å². The lowest BCUT2D eigenvalue weighted by Crippen LogP contribution is -2.41. The fraction of sp³-hybridized carbons (Fsp3) is 0.312. The number of nitrogens with zero attached hydrogens (tertiary/aromatic N) is 1. The highest BCUT2D eigenvalue weighted by Gasteiger charge is 2.44. The number of fused-ring (bicyclic) bond motifs is 1. The Morgan fingerprint density at radius 2 is 1.91 bits per heavy atom. The molecule has 122 valence electrons. The Morgan fingerprint density at radius 3 is 2.61 bits per heavy atom. The zero-order valence-corrected chi connectivity index (χ0v) is 13.4. The van der Waals surface area contributed by atoms with Crippen LogP contribution >= 0.6 is 0 Å². The van der Waals surface area contributed by atoms with E-state index in [1.807, 2.05) is 24.3 Å². The van der Waals surface area contributed by atoms with Gasteiger partial charge in [-0.2, -0.15) is 4.31 Å². The van der Waals surface area contributed by atoms with Crippen LogP contribution in [0.2, 0.25) is 0 Å². The molecule has 23 heavy (non-hydrogen) atoms. The number of hydrogen-bond acceptors (Lipinski definition) is 5. The molecule has 3 rings (SSSR count). The first kappa shape index (κ1) is 15.9. The molecular weight excluding hydrogens is 318 g/mol. The maximum Gasteiger partial charge on any atom is 0.324 e. The highest BCUT2D eigenvalue weighted by molar-refractivity contribution is 7.89. The molecule has 0 aromatic heterocycles. The monoisotopic (exact) mass is 335 g/mol. The average Bonchev–Trinajstić information content (AvgIpc) is 2.96. The molecule has 1 aliphatic rings. The molecule has 1 heterocycles. The van der Waals surface area contributed by atoms with Crippen molar-refractivity contribution in [2.45, 2.75) is 23.5 Å². The van der Waals surface area contributed by atoms with Crippen molar-refractivity contribution in [3.8, 4) is 0 Å². The second kappa shape index (κ2) is 5.92. The van der Waals surface area contributed by atoms with Crippen molar-refractivity contribution in [2.75, 3.05) is 13.7 Å². The Morgan fingerprint density at radius 1 is 1.22 bits per heavy atom. The lowest BCUT2D eigenvalue weighted by atomic mass is 10.1. The number of β-amino-alcohol motifs (C(OH)–C–C–N with tert-alkyl or cyclic N) is 1. The van der Waals surface area contributed by atoms with E-state index in [1.54, 1.807) is 12.1 Å². The van der Waals surface area contributed by atoms with Crippen LogP contribution in [0.25, 0.3) is 10.8 Å². The van der Waals surface area contributed by atoms with E-state index in [1.165, 1.54) is 13.2 Å². The first-order valence-corrected chi connectivity index (χ1v) is 8.64. The zero-order chi connectivity index (χ0) is 16.6. The van der Waals surface area contributed by atoms with Gasteiger partial charge in [0.2, 0.25) is 10.0 Å². The third-order valence-corrected chi connectivity index (χ3v) is 5.91. The molecule has 2 aromatic carbocycles. The number of carbonyl (C=O) groups excluding carboxylic acids is 1. The maximum atomic E-state index is 12.9. The van der Waals surface area contributed by atoms with Crippen LogP contribution in [0.5, 0.6) is 0 Å². The van der Waals surface area contributed by atoms with E-state index in [4.69, 9.17) is 0 Å². The van der Waals surface area contributed by atoms with Gasteiger partial charge in [-0.25, -0.2) is 8.42 Å². The molecule has 6 nitrogen and oxygen atoms in total. The van der Waals surface area contributed by atoms with E-state index in [2.05, 4.69) is 4.74 Å². The molecule has 2 aromatic rings. The van der Waals surface area contributed by atoms with Gasteiger partial charge in [-0.1, -0.05) is 30.3 Å². The summed E-state index contributed by atoms with van der Waals surface area (Å²) in [7, 11) is -2.69. The first-order chi connectivity index (χ1) is 10.9. The van der Waals surface area contributed by atoms with Gasteiger partial charge in [-0.15, -0.1) is 0 Å². The summed E-state index contributed by atoms with van der Waals surface area (Å²) in [5.74, 6) is -0.661. The summed E-state index contributed by atoms with van der Waals surface area (Å²) < 4.78 is 31.4. The smallest absolute Gasteiger partial charge is 0.324 e. The van der Waals surface area contributed by atoms with Crippen LogP contribution in [-0.2, 0) is 19.6 Å². The SMILES string of the molecule is COC(=O)C1C[C@@H](O)CN1S(=O)(=O)c1ccc2ccccc2c1. The molecule has 7 heteroatoms. The summed E-state index contributed by atoms with van der Waals surface area (Å²) in [5.41, 5.74) is 0. The van der Waals surface area contributed by atoms with E-state index in [0.717, 1.165) is 15.1 Å². The minimum Gasteiger partial charge on any atom is -0.468 e. The highest BCUT2D eigenvalue weighted by Crippen LogP contribution is 2.28. The van der Waals surface area contributed by atoms with E-state index in [9.17, 15) is 18.3 Å². The van der Waals surface area contributed by atoms with Crippen LogP contribution < -0.4 is 0 Å². The molecule has 0 amide bonds. The fourth-order valence-corrected chi connectivity index (χ4v) is 4.53. The fourth-order valence-electron chi connectivity index (χ4n) is 2.86. The minimum absolute atomic E-state index is 0.0412. The number of esters is 1. The van der Waals surface area contributed by atoms with Gasteiger partial charge in [0.05, 0.1) is 18.1 Å². The van der Waals surface area contributed by atoms with Crippen molar-refractivity contribution < 1.29 is 23.1 Å². The Kier molecular flexibility index (Phi) is 4.09. The molecule has 0 radical (unpaired) electrons. The molecule has 1 aliphatic heterocycles.